The summed E-state index contributed by atoms with van der Waals surface area (Å²) >= 11 is 1.14. The van der Waals surface area contributed by atoms with E-state index in [0.717, 1.165) is 30.2 Å². The minimum atomic E-state index is -0.725. The number of hydrogen-bond acceptors (Lipinski definition) is 7. The van der Waals surface area contributed by atoms with Gasteiger partial charge in [-0.2, -0.15) is 5.26 Å². The molecule has 2 fully saturated rings. The van der Waals surface area contributed by atoms with Crippen LogP contribution in [0.2, 0.25) is 0 Å². The molecule has 1 aromatic carbocycles. The Morgan fingerprint density at radius 1 is 1.33 bits per heavy atom. The van der Waals surface area contributed by atoms with E-state index in [4.69, 9.17) is 23.0 Å². The molecule has 168 valence electrons. The van der Waals surface area contributed by atoms with E-state index in [-0.39, 0.29) is 24.4 Å². The number of carbonyl (C=O) groups excluding carboxylic acids is 2. The number of nitrogens with two attached hydrogens (primary N) is 2. The van der Waals surface area contributed by atoms with Crippen molar-refractivity contribution in [2.45, 2.75) is 35.1 Å². The lowest BCUT2D eigenvalue weighted by molar-refractivity contribution is -0.120. The smallest absolute Gasteiger partial charge is 0.235 e. The maximum absolute atomic E-state index is 12.3. The summed E-state index contributed by atoms with van der Waals surface area (Å²) in [5.41, 5.74) is 13.2. The van der Waals surface area contributed by atoms with E-state index in [0.29, 0.717) is 40.7 Å². The number of carbonyl (C=O) groups is 2. The number of primary amides is 1. The average molecular weight is 462 g/mol. The van der Waals surface area contributed by atoms with Crippen molar-refractivity contribution in [1.29, 1.82) is 5.26 Å². The van der Waals surface area contributed by atoms with Gasteiger partial charge in [0, 0.05) is 13.1 Å². The van der Waals surface area contributed by atoms with Gasteiger partial charge < -0.3 is 21.7 Å². The first-order valence-corrected chi connectivity index (χ1v) is 11.5. The minimum Gasteiger partial charge on any atom is -0.368 e. The standard InChI is InChI=1S/C23H23N7O2S/c1-27-19-18(13-7-8-13)16(9-24)23(33-20(21(26)32)14-5-3-2-4-6-14)29-22(19)30-11-15(12-30)28-17(31)10-25/h2-6,13,15,20H,7-8,10-12,25H2,(H2,26,32)(H,28,31). The van der Waals surface area contributed by atoms with E-state index in [9.17, 15) is 14.9 Å². The zero-order chi connectivity index (χ0) is 23.5. The van der Waals surface area contributed by atoms with Gasteiger partial charge in [0.05, 0.1) is 24.7 Å². The van der Waals surface area contributed by atoms with E-state index < -0.39 is 11.2 Å². The van der Waals surface area contributed by atoms with Crippen molar-refractivity contribution in [1.82, 2.24) is 10.3 Å². The van der Waals surface area contributed by atoms with Gasteiger partial charge in [-0.15, -0.1) is 0 Å². The van der Waals surface area contributed by atoms with Crippen LogP contribution in [0, 0.1) is 17.9 Å². The number of amides is 2. The molecular weight excluding hydrogens is 438 g/mol. The Balaban J connectivity index is 1.73. The topological polar surface area (TPSA) is 142 Å². The molecule has 5 N–H and O–H groups in total. The van der Waals surface area contributed by atoms with E-state index in [1.807, 2.05) is 35.2 Å². The molecule has 0 radical (unpaired) electrons. The summed E-state index contributed by atoms with van der Waals surface area (Å²) < 4.78 is 0. The lowest BCUT2D eigenvalue weighted by Gasteiger charge is -2.41. The third-order valence-corrected chi connectivity index (χ3v) is 6.95. The summed E-state index contributed by atoms with van der Waals surface area (Å²) in [5.74, 6) is -0.167. The number of aromatic nitrogens is 1. The first kappa shape index (κ1) is 22.6. The molecule has 1 atom stereocenters. The average Bonchev–Trinajstić information content (AvgIpc) is 3.64. The van der Waals surface area contributed by atoms with Gasteiger partial charge in [-0.25, -0.2) is 9.83 Å². The van der Waals surface area contributed by atoms with E-state index in [2.05, 4.69) is 16.2 Å². The van der Waals surface area contributed by atoms with Gasteiger partial charge in [0.15, 0.2) is 0 Å². The summed E-state index contributed by atoms with van der Waals surface area (Å²) in [5, 5.41) is 12.5. The highest BCUT2D eigenvalue weighted by molar-refractivity contribution is 8.00. The number of pyridine rings is 1. The lowest BCUT2D eigenvalue weighted by Crippen LogP contribution is -2.60. The van der Waals surface area contributed by atoms with Crippen molar-refractivity contribution in [2.75, 3.05) is 24.5 Å². The molecule has 1 aromatic heterocycles. The third kappa shape index (κ3) is 4.63. The Bertz CT molecular complexity index is 1160. The van der Waals surface area contributed by atoms with Gasteiger partial charge in [-0.1, -0.05) is 42.1 Å². The molecule has 1 saturated heterocycles. The fraction of sp³-hybridized carbons (Fsp3) is 0.348. The molecule has 2 aromatic rings. The summed E-state index contributed by atoms with van der Waals surface area (Å²) in [7, 11) is 0. The van der Waals surface area contributed by atoms with Crippen LogP contribution in [0.25, 0.3) is 4.85 Å². The maximum Gasteiger partial charge on any atom is 0.235 e. The summed E-state index contributed by atoms with van der Waals surface area (Å²) in [6.45, 7) is 8.69. The molecule has 1 saturated carbocycles. The first-order chi connectivity index (χ1) is 16.0. The highest BCUT2D eigenvalue weighted by Crippen LogP contribution is 2.52. The van der Waals surface area contributed by atoms with Gasteiger partial charge in [-0.3, -0.25) is 9.59 Å². The van der Waals surface area contributed by atoms with Crippen LogP contribution in [0.5, 0.6) is 0 Å². The molecule has 10 heteroatoms. The Labute approximate surface area is 196 Å². The Morgan fingerprint density at radius 3 is 2.58 bits per heavy atom. The summed E-state index contributed by atoms with van der Waals surface area (Å²) in [6, 6.07) is 11.3. The third-order valence-electron chi connectivity index (χ3n) is 5.69. The van der Waals surface area contributed by atoms with Crippen LogP contribution >= 0.6 is 11.8 Å². The van der Waals surface area contributed by atoms with Crippen molar-refractivity contribution < 1.29 is 9.59 Å². The second-order valence-electron chi connectivity index (χ2n) is 8.06. The number of nitrogens with one attached hydrogen (secondary N) is 1. The van der Waals surface area contributed by atoms with Crippen molar-refractivity contribution >= 4 is 35.1 Å². The maximum atomic E-state index is 12.3. The van der Waals surface area contributed by atoms with Crippen molar-refractivity contribution in [3.63, 3.8) is 0 Å². The number of thioether (sulfide) groups is 1. The van der Waals surface area contributed by atoms with Crippen LogP contribution in [0.15, 0.2) is 35.4 Å². The molecule has 1 unspecified atom stereocenters. The molecule has 2 aliphatic rings. The van der Waals surface area contributed by atoms with Crippen molar-refractivity contribution in [2.24, 2.45) is 11.5 Å². The predicted octanol–water partition coefficient (Wildman–Crippen LogP) is 1.96. The Hall–Kier alpha value is -3.60. The number of rotatable bonds is 8. The zero-order valence-corrected chi connectivity index (χ0v) is 18.6. The summed E-state index contributed by atoms with van der Waals surface area (Å²) in [4.78, 5) is 34.2. The van der Waals surface area contributed by atoms with Gasteiger partial charge >= 0.3 is 0 Å². The predicted molar refractivity (Wildman–Crippen MR) is 125 cm³/mol. The molecule has 1 aliphatic heterocycles. The molecular formula is C23H23N7O2S. The van der Waals surface area contributed by atoms with Gasteiger partial charge in [0.1, 0.15) is 22.2 Å². The van der Waals surface area contributed by atoms with Crippen LogP contribution in [0.1, 0.15) is 40.7 Å². The molecule has 33 heavy (non-hydrogen) atoms. The molecule has 2 heterocycles. The second kappa shape index (κ2) is 9.49. The molecule has 4 rings (SSSR count). The highest BCUT2D eigenvalue weighted by Gasteiger charge is 2.38. The second-order valence-corrected chi connectivity index (χ2v) is 9.15. The Morgan fingerprint density at radius 2 is 2.03 bits per heavy atom. The van der Waals surface area contributed by atoms with Crippen LogP contribution in [-0.4, -0.2) is 42.5 Å². The highest BCUT2D eigenvalue weighted by atomic mass is 32.2. The molecule has 0 spiro atoms. The minimum absolute atomic E-state index is 0.0831. The monoisotopic (exact) mass is 461 g/mol. The zero-order valence-electron chi connectivity index (χ0n) is 17.8. The van der Waals surface area contributed by atoms with Crippen LogP contribution in [0.3, 0.4) is 0 Å². The normalized spacial score (nSPS) is 16.3. The van der Waals surface area contributed by atoms with E-state index >= 15 is 0 Å². The number of hydrogen-bond donors (Lipinski definition) is 3. The number of nitrogens with zero attached hydrogens (tertiary/aromatic N) is 4. The van der Waals surface area contributed by atoms with Gasteiger partial charge in [-0.05, 0) is 29.9 Å². The fourth-order valence-corrected chi connectivity index (χ4v) is 4.96. The summed E-state index contributed by atoms with van der Waals surface area (Å²) in [6.07, 6.45) is 1.80. The van der Waals surface area contributed by atoms with Crippen LogP contribution in [-0.2, 0) is 9.59 Å². The SMILES string of the molecule is [C-]#[N+]c1c(N2CC(NC(=O)CN)C2)nc(SC(C(N)=O)c2ccccc2)c(C#N)c1C1CC1. The van der Waals surface area contributed by atoms with E-state index in [1.54, 1.807) is 0 Å². The van der Waals surface area contributed by atoms with Crippen molar-refractivity contribution in [3.8, 4) is 6.07 Å². The fourth-order valence-electron chi connectivity index (χ4n) is 3.91. The molecule has 1 aliphatic carbocycles. The molecule has 9 nitrogen and oxygen atoms in total. The van der Waals surface area contributed by atoms with Crippen LogP contribution in [0.4, 0.5) is 11.5 Å². The van der Waals surface area contributed by atoms with Crippen LogP contribution < -0.4 is 21.7 Å². The first-order valence-electron chi connectivity index (χ1n) is 10.6. The number of nitriles is 1. The molecule has 0 bridgehead atoms. The Kier molecular flexibility index (Phi) is 6.50. The van der Waals surface area contributed by atoms with E-state index in [1.165, 1.54) is 0 Å². The number of anilines is 1. The van der Waals surface area contributed by atoms with Crippen molar-refractivity contribution in [3.05, 3.63) is 58.4 Å². The van der Waals surface area contributed by atoms with Gasteiger partial charge in [0.2, 0.25) is 17.5 Å². The largest absolute Gasteiger partial charge is 0.368 e. The molecule has 2 amide bonds. The lowest BCUT2D eigenvalue weighted by atomic mass is 10.0. The van der Waals surface area contributed by atoms with Gasteiger partial charge in [0.25, 0.3) is 0 Å². The number of benzene rings is 1. The quantitative estimate of drug-likeness (QED) is 0.403.